The van der Waals surface area contributed by atoms with Crippen molar-refractivity contribution >= 4 is 44.1 Å². The molecule has 0 saturated carbocycles. The molecular formula is C34H25FN2O5S. The average molecular weight is 593 g/mol. The highest BCUT2D eigenvalue weighted by atomic mass is 32.1. The van der Waals surface area contributed by atoms with Crippen molar-refractivity contribution in [3.8, 4) is 11.5 Å². The molecule has 5 aromatic rings. The van der Waals surface area contributed by atoms with E-state index in [1.165, 1.54) is 23.1 Å². The smallest absolute Gasteiger partial charge is 0.301 e. The van der Waals surface area contributed by atoms with E-state index in [0.29, 0.717) is 40.1 Å². The zero-order valence-corrected chi connectivity index (χ0v) is 23.8. The summed E-state index contributed by atoms with van der Waals surface area (Å²) in [4.78, 5) is 33.1. The third-order valence-corrected chi connectivity index (χ3v) is 8.62. The monoisotopic (exact) mass is 592 g/mol. The molecule has 3 heterocycles. The van der Waals surface area contributed by atoms with Gasteiger partial charge in [-0.25, -0.2) is 9.37 Å². The Kier molecular flexibility index (Phi) is 6.66. The summed E-state index contributed by atoms with van der Waals surface area (Å²) >= 11 is 1.10. The maximum Gasteiger partial charge on any atom is 0.301 e. The molecule has 0 spiro atoms. The lowest BCUT2D eigenvalue weighted by molar-refractivity contribution is -0.132. The number of amides is 1. The highest BCUT2D eigenvalue weighted by Gasteiger charge is 2.48. The minimum atomic E-state index is -0.975. The predicted molar refractivity (Wildman–Crippen MR) is 162 cm³/mol. The van der Waals surface area contributed by atoms with Gasteiger partial charge in [-0.1, -0.05) is 53.8 Å². The number of ether oxygens (including phenoxy) is 2. The normalized spacial score (nSPS) is 19.1. The van der Waals surface area contributed by atoms with Gasteiger partial charge in [0.05, 0.1) is 21.8 Å². The molecular weight excluding hydrogens is 567 g/mol. The quantitative estimate of drug-likeness (QED) is 0.130. The van der Waals surface area contributed by atoms with Crippen LogP contribution in [0.3, 0.4) is 0 Å². The Balaban J connectivity index is 1.31. The highest BCUT2D eigenvalue weighted by Crippen LogP contribution is 2.45. The van der Waals surface area contributed by atoms with Crippen LogP contribution in [0.1, 0.15) is 35.2 Å². The third-order valence-electron chi connectivity index (χ3n) is 7.60. The molecule has 43 heavy (non-hydrogen) atoms. The molecule has 0 radical (unpaired) electrons. The lowest BCUT2D eigenvalue weighted by Crippen LogP contribution is -2.29. The number of hydrogen-bond donors (Lipinski definition) is 1. The number of nitrogens with zero attached hydrogens (tertiary/aromatic N) is 2. The van der Waals surface area contributed by atoms with Crippen molar-refractivity contribution in [1.29, 1.82) is 0 Å². The zero-order chi connectivity index (χ0) is 29.7. The Morgan fingerprint density at radius 2 is 1.84 bits per heavy atom. The lowest BCUT2D eigenvalue weighted by Gasteiger charge is -2.23. The molecule has 1 fully saturated rings. The summed E-state index contributed by atoms with van der Waals surface area (Å²) in [5, 5.41) is 11.8. The summed E-state index contributed by atoms with van der Waals surface area (Å²) in [6.45, 7) is 2.34. The van der Waals surface area contributed by atoms with Crippen LogP contribution in [-0.4, -0.2) is 27.9 Å². The summed E-state index contributed by atoms with van der Waals surface area (Å²) in [5.41, 5.74) is 3.36. The second-order valence-corrected chi connectivity index (χ2v) is 11.6. The van der Waals surface area contributed by atoms with E-state index in [-0.39, 0.29) is 22.6 Å². The Morgan fingerprint density at radius 1 is 1.05 bits per heavy atom. The number of benzene rings is 4. The van der Waals surface area contributed by atoms with Crippen LogP contribution in [0.4, 0.5) is 9.52 Å². The van der Waals surface area contributed by atoms with E-state index in [4.69, 9.17) is 9.47 Å². The van der Waals surface area contributed by atoms with Gasteiger partial charge in [0.2, 0.25) is 0 Å². The molecule has 7 nitrogen and oxygen atoms in total. The van der Waals surface area contributed by atoms with Crippen molar-refractivity contribution in [1.82, 2.24) is 4.98 Å². The van der Waals surface area contributed by atoms with E-state index in [1.807, 2.05) is 37.3 Å². The lowest BCUT2D eigenvalue weighted by atomic mass is 9.94. The minimum absolute atomic E-state index is 0.00414. The molecule has 0 bridgehead atoms. The number of carbonyl (C=O) groups excluding carboxylic acids is 2. The van der Waals surface area contributed by atoms with Crippen LogP contribution in [-0.2, 0) is 22.6 Å². The van der Waals surface area contributed by atoms with Crippen LogP contribution in [0.15, 0.2) is 96.6 Å². The topological polar surface area (TPSA) is 89.0 Å². The van der Waals surface area contributed by atoms with E-state index in [2.05, 4.69) is 4.98 Å². The van der Waals surface area contributed by atoms with Gasteiger partial charge in [0.1, 0.15) is 35.8 Å². The molecule has 2 aliphatic rings. The van der Waals surface area contributed by atoms with E-state index in [0.717, 1.165) is 28.2 Å². The molecule has 214 valence electrons. The molecule has 1 N–H and O–H groups in total. The van der Waals surface area contributed by atoms with Crippen molar-refractivity contribution in [2.45, 2.75) is 32.1 Å². The molecule has 1 amide bonds. The summed E-state index contributed by atoms with van der Waals surface area (Å²) in [5.74, 6) is -1.04. The number of fused-ring (bicyclic) bond motifs is 2. The van der Waals surface area contributed by atoms with Crippen LogP contribution in [0.25, 0.3) is 16.0 Å². The average Bonchev–Trinajstić information content (AvgIpc) is 3.68. The number of ketones is 1. The number of anilines is 1. The zero-order valence-electron chi connectivity index (χ0n) is 23.0. The number of carbonyl (C=O) groups is 2. The number of aromatic nitrogens is 1. The Labute approximate surface area is 250 Å². The number of Topliss-reactive ketones (excluding diaryl/α,β-unsaturated/α-hetero) is 1. The molecule has 1 aromatic heterocycles. The van der Waals surface area contributed by atoms with Gasteiger partial charge in [-0.05, 0) is 72.1 Å². The van der Waals surface area contributed by atoms with E-state index >= 15 is 0 Å². The second kappa shape index (κ2) is 10.7. The summed E-state index contributed by atoms with van der Waals surface area (Å²) in [6, 6.07) is 25.2. The molecule has 1 saturated heterocycles. The van der Waals surface area contributed by atoms with Gasteiger partial charge < -0.3 is 14.6 Å². The van der Waals surface area contributed by atoms with Crippen LogP contribution >= 0.6 is 11.3 Å². The fourth-order valence-electron chi connectivity index (χ4n) is 5.55. The van der Waals surface area contributed by atoms with Gasteiger partial charge in [-0.15, -0.1) is 0 Å². The van der Waals surface area contributed by atoms with Crippen molar-refractivity contribution in [2.24, 2.45) is 0 Å². The molecule has 2 aliphatic heterocycles. The molecule has 2 atom stereocenters. The first kappa shape index (κ1) is 26.9. The number of aliphatic hydroxyl groups is 1. The largest absolute Gasteiger partial charge is 0.507 e. The second-order valence-electron chi connectivity index (χ2n) is 10.6. The van der Waals surface area contributed by atoms with Gasteiger partial charge in [-0.2, -0.15) is 0 Å². The first-order valence-corrected chi connectivity index (χ1v) is 14.6. The fourth-order valence-corrected chi connectivity index (χ4v) is 6.56. The first-order valence-electron chi connectivity index (χ1n) is 13.8. The van der Waals surface area contributed by atoms with Gasteiger partial charge in [0, 0.05) is 12.0 Å². The van der Waals surface area contributed by atoms with Crippen LogP contribution in [0, 0.1) is 5.82 Å². The minimum Gasteiger partial charge on any atom is -0.507 e. The van der Waals surface area contributed by atoms with Gasteiger partial charge in [0.25, 0.3) is 5.78 Å². The highest BCUT2D eigenvalue weighted by molar-refractivity contribution is 7.22. The van der Waals surface area contributed by atoms with E-state index in [9.17, 15) is 19.1 Å². The number of hydrogen-bond acceptors (Lipinski definition) is 7. The van der Waals surface area contributed by atoms with Crippen molar-refractivity contribution in [3.63, 3.8) is 0 Å². The first-order chi connectivity index (χ1) is 20.9. The van der Waals surface area contributed by atoms with Crippen LogP contribution < -0.4 is 14.4 Å². The maximum absolute atomic E-state index is 14.0. The molecule has 0 aliphatic carbocycles. The standard InChI is InChI=1S/C34H25FN2O5S/c1-19-15-23-16-22(9-14-27(23)42-19)31(38)29-30(21-7-11-25(12-8-21)41-18-20-5-3-2-4-6-20)37(33(40)32(29)39)34-36-26-13-10-24(35)17-28(26)43-34/h2-14,16-17,19,30,38H,15,18H2,1H3/t19-,30-/m1/s1. The predicted octanol–water partition coefficient (Wildman–Crippen LogP) is 6.96. The number of halogens is 1. The van der Waals surface area contributed by atoms with Crippen LogP contribution in [0.2, 0.25) is 0 Å². The fraction of sp³-hybridized carbons (Fsp3) is 0.147. The summed E-state index contributed by atoms with van der Waals surface area (Å²) in [6.07, 6.45) is 0.672. The van der Waals surface area contributed by atoms with Gasteiger partial charge >= 0.3 is 5.91 Å². The van der Waals surface area contributed by atoms with Gasteiger partial charge in [0.15, 0.2) is 5.13 Å². The maximum atomic E-state index is 14.0. The third kappa shape index (κ3) is 4.91. The molecule has 7 rings (SSSR count). The van der Waals surface area contributed by atoms with Crippen molar-refractivity contribution in [3.05, 3.63) is 125 Å². The van der Waals surface area contributed by atoms with Crippen LogP contribution in [0.5, 0.6) is 11.5 Å². The summed E-state index contributed by atoms with van der Waals surface area (Å²) < 4.78 is 26.2. The number of rotatable bonds is 6. The SMILES string of the molecule is C[C@@H]1Cc2cc(C(O)=C3C(=O)C(=O)N(c4nc5ccc(F)cc5s4)[C@@H]3c3ccc(OCc4ccccc4)cc3)ccc2O1. The van der Waals surface area contributed by atoms with E-state index in [1.54, 1.807) is 42.5 Å². The van der Waals surface area contributed by atoms with E-state index < -0.39 is 23.5 Å². The van der Waals surface area contributed by atoms with Crippen molar-refractivity contribution < 1.29 is 28.6 Å². The Hall–Kier alpha value is -5.02. The Morgan fingerprint density at radius 3 is 2.63 bits per heavy atom. The molecule has 4 aromatic carbocycles. The molecule has 0 unspecified atom stereocenters. The Bertz CT molecular complexity index is 1920. The van der Waals surface area contributed by atoms with Gasteiger partial charge in [-0.3, -0.25) is 14.5 Å². The number of aliphatic hydroxyl groups excluding tert-OH is 1. The van der Waals surface area contributed by atoms with Crippen molar-refractivity contribution in [2.75, 3.05) is 4.90 Å². The molecule has 9 heteroatoms. The number of thiazole rings is 1. The summed E-state index contributed by atoms with van der Waals surface area (Å²) in [7, 11) is 0.